The summed E-state index contributed by atoms with van der Waals surface area (Å²) in [5.74, 6) is 0. The van der Waals surface area contributed by atoms with Crippen LogP contribution in [0.1, 0.15) is 58.7 Å². The van der Waals surface area contributed by atoms with Crippen LogP contribution in [0.4, 0.5) is 0 Å². The Morgan fingerprint density at radius 2 is 1.33 bits per heavy atom. The highest BCUT2D eigenvalue weighted by Crippen LogP contribution is 2.13. The zero-order valence-corrected chi connectivity index (χ0v) is 10.4. The zero-order chi connectivity index (χ0) is 11.0. The van der Waals surface area contributed by atoms with Crippen molar-refractivity contribution in [3.8, 4) is 0 Å². The summed E-state index contributed by atoms with van der Waals surface area (Å²) in [5.41, 5.74) is 4.50. The summed E-state index contributed by atoms with van der Waals surface area (Å²) in [7, 11) is 0. The van der Waals surface area contributed by atoms with Gasteiger partial charge in [0, 0.05) is 0 Å². The summed E-state index contributed by atoms with van der Waals surface area (Å²) >= 11 is 0. The fraction of sp³-hybridized carbons (Fsp3) is 0.600. The summed E-state index contributed by atoms with van der Waals surface area (Å²) in [5, 5.41) is 0. The second kappa shape index (κ2) is 9.76. The van der Waals surface area contributed by atoms with Crippen LogP contribution in [0.25, 0.3) is 0 Å². The minimum Gasteiger partial charge on any atom is -0.0776 e. The van der Waals surface area contributed by atoms with Crippen LogP contribution in [0, 0.1) is 0 Å². The van der Waals surface area contributed by atoms with E-state index < -0.39 is 0 Å². The predicted molar refractivity (Wildman–Crippen MR) is 72.7 cm³/mol. The number of hydrogen-bond acceptors (Lipinski definition) is 0. The molecular weight excluding hydrogens is 180 g/mol. The van der Waals surface area contributed by atoms with Crippen LogP contribution in [-0.2, 0) is 19.3 Å². The van der Waals surface area contributed by atoms with E-state index >= 15 is 0 Å². The zero-order valence-electron chi connectivity index (χ0n) is 10.4. The molecule has 0 aliphatic heterocycles. The molecule has 0 bridgehead atoms. The Morgan fingerprint density at radius 3 is 1.73 bits per heavy atom. The average molecular weight is 208 g/mol. The Balaban J connectivity index is 0. The van der Waals surface area contributed by atoms with Crippen LogP contribution in [0.5, 0.6) is 0 Å². The summed E-state index contributed by atoms with van der Waals surface area (Å²) in [4.78, 5) is 0. The van der Waals surface area contributed by atoms with E-state index in [1.807, 2.05) is 13.8 Å². The average Bonchev–Trinajstić information content (AvgIpc) is 2.30. The molecule has 0 aliphatic carbocycles. The van der Waals surface area contributed by atoms with E-state index in [-0.39, 0.29) is 7.43 Å². The van der Waals surface area contributed by atoms with Gasteiger partial charge in [-0.1, -0.05) is 60.2 Å². The second-order valence-electron chi connectivity index (χ2n) is 3.16. The first-order chi connectivity index (χ1) is 6.81. The largest absolute Gasteiger partial charge is 0.0776 e. The van der Waals surface area contributed by atoms with Crippen LogP contribution in [0.2, 0.25) is 0 Å². The molecule has 0 unspecified atom stereocenters. The Hall–Kier alpha value is -0.780. The van der Waals surface area contributed by atoms with Crippen molar-refractivity contribution in [1.29, 1.82) is 0 Å². The Labute approximate surface area is 96.7 Å². The lowest BCUT2D eigenvalue weighted by Gasteiger charge is -2.07. The van der Waals surface area contributed by atoms with Crippen LogP contribution < -0.4 is 0 Å². The predicted octanol–water partition coefficient (Wildman–Crippen LogP) is 5.04. The monoisotopic (exact) mass is 208 g/mol. The van der Waals surface area contributed by atoms with E-state index in [1.165, 1.54) is 16.7 Å². The summed E-state index contributed by atoms with van der Waals surface area (Å²) in [6.07, 6.45) is 3.47. The maximum atomic E-state index is 2.35. The molecule has 0 fully saturated rings. The van der Waals surface area contributed by atoms with Crippen LogP contribution in [0.15, 0.2) is 18.2 Å². The van der Waals surface area contributed by atoms with Gasteiger partial charge in [-0.15, -0.1) is 0 Å². The number of hydrogen-bond donors (Lipinski definition) is 0. The van der Waals surface area contributed by atoms with Gasteiger partial charge < -0.3 is 0 Å². The van der Waals surface area contributed by atoms with Crippen LogP contribution in [-0.4, -0.2) is 0 Å². The fourth-order valence-corrected chi connectivity index (χ4v) is 1.57. The normalized spacial score (nSPS) is 8.60. The Kier molecular flexibility index (Phi) is 10.8. The van der Waals surface area contributed by atoms with Gasteiger partial charge in [0.05, 0.1) is 0 Å². The van der Waals surface area contributed by atoms with E-state index in [1.54, 1.807) is 0 Å². The van der Waals surface area contributed by atoms with Crippen molar-refractivity contribution in [1.82, 2.24) is 0 Å². The quantitative estimate of drug-likeness (QED) is 0.653. The molecule has 0 saturated heterocycles. The molecular formula is C15H28. The topological polar surface area (TPSA) is 0 Å². The van der Waals surface area contributed by atoms with Crippen molar-refractivity contribution in [2.75, 3.05) is 0 Å². The molecule has 0 N–H and O–H groups in total. The van der Waals surface area contributed by atoms with E-state index in [0.29, 0.717) is 0 Å². The molecule has 15 heavy (non-hydrogen) atoms. The van der Waals surface area contributed by atoms with Crippen molar-refractivity contribution in [3.05, 3.63) is 34.9 Å². The van der Waals surface area contributed by atoms with Gasteiger partial charge >= 0.3 is 0 Å². The van der Waals surface area contributed by atoms with Gasteiger partial charge in [0.25, 0.3) is 0 Å². The molecule has 0 radical (unpaired) electrons. The number of aryl methyl sites for hydroxylation is 3. The molecule has 0 atom stereocenters. The third-order valence-electron chi connectivity index (χ3n) is 2.44. The van der Waals surface area contributed by atoms with Gasteiger partial charge in [-0.25, -0.2) is 0 Å². The van der Waals surface area contributed by atoms with Crippen molar-refractivity contribution in [3.63, 3.8) is 0 Å². The third kappa shape index (κ3) is 5.01. The summed E-state index contributed by atoms with van der Waals surface area (Å²) < 4.78 is 0. The Bertz CT molecular complexity index is 248. The lowest BCUT2D eigenvalue weighted by molar-refractivity contribution is 1.02. The van der Waals surface area contributed by atoms with Gasteiger partial charge in [0.2, 0.25) is 0 Å². The summed E-state index contributed by atoms with van der Waals surface area (Å²) in [6, 6.07) is 6.87. The van der Waals surface area contributed by atoms with E-state index in [2.05, 4.69) is 39.0 Å². The maximum absolute atomic E-state index is 2.35. The number of rotatable bonds is 3. The summed E-state index contributed by atoms with van der Waals surface area (Å²) in [6.45, 7) is 10.7. The van der Waals surface area contributed by atoms with Crippen molar-refractivity contribution in [2.24, 2.45) is 0 Å². The van der Waals surface area contributed by atoms with E-state index in [0.717, 1.165) is 19.3 Å². The molecule has 0 saturated carbocycles. The van der Waals surface area contributed by atoms with Crippen LogP contribution in [0.3, 0.4) is 0 Å². The first-order valence-electron chi connectivity index (χ1n) is 5.92. The molecule has 0 heteroatoms. The Morgan fingerprint density at radius 1 is 0.800 bits per heavy atom. The molecule has 0 heterocycles. The molecule has 0 aliphatic rings. The van der Waals surface area contributed by atoms with Crippen molar-refractivity contribution >= 4 is 0 Å². The molecule has 0 amide bonds. The van der Waals surface area contributed by atoms with E-state index in [4.69, 9.17) is 0 Å². The van der Waals surface area contributed by atoms with E-state index in [9.17, 15) is 0 Å². The third-order valence-corrected chi connectivity index (χ3v) is 2.44. The lowest BCUT2D eigenvalue weighted by atomic mass is 9.99. The van der Waals surface area contributed by atoms with Crippen LogP contribution >= 0.6 is 0 Å². The highest BCUT2D eigenvalue weighted by molar-refractivity contribution is 5.32. The molecule has 88 valence electrons. The van der Waals surface area contributed by atoms with Gasteiger partial charge in [-0.3, -0.25) is 0 Å². The molecule has 0 spiro atoms. The van der Waals surface area contributed by atoms with Gasteiger partial charge in [0.1, 0.15) is 0 Å². The minimum atomic E-state index is 0. The molecule has 1 rings (SSSR count). The fourth-order valence-electron chi connectivity index (χ4n) is 1.57. The first-order valence-corrected chi connectivity index (χ1v) is 5.92. The minimum absolute atomic E-state index is 0. The van der Waals surface area contributed by atoms with Gasteiger partial charge in [-0.05, 0) is 36.0 Å². The number of benzene rings is 1. The lowest BCUT2D eigenvalue weighted by Crippen LogP contribution is -1.92. The van der Waals surface area contributed by atoms with Crippen molar-refractivity contribution < 1.29 is 0 Å². The highest BCUT2D eigenvalue weighted by Gasteiger charge is 1.98. The SMILES string of the molecule is C.CC.CCc1ccc(CC)c(CC)c1. The highest BCUT2D eigenvalue weighted by atomic mass is 14.0. The standard InChI is InChI=1S/C12H18.C2H6.CH4/c1-4-10-7-8-11(5-2)12(6-3)9-10;1-2;/h7-9H,4-6H2,1-3H3;1-2H3;1H4. The maximum Gasteiger partial charge on any atom is -0.0305 e. The van der Waals surface area contributed by atoms with Gasteiger partial charge in [-0.2, -0.15) is 0 Å². The molecule has 0 aromatic heterocycles. The van der Waals surface area contributed by atoms with Crippen molar-refractivity contribution in [2.45, 2.75) is 61.3 Å². The van der Waals surface area contributed by atoms with Gasteiger partial charge in [0.15, 0.2) is 0 Å². The molecule has 1 aromatic carbocycles. The second-order valence-corrected chi connectivity index (χ2v) is 3.16. The first kappa shape index (κ1) is 16.6. The smallest absolute Gasteiger partial charge is 0.0305 e. The molecule has 0 nitrogen and oxygen atoms in total. The molecule has 1 aromatic rings.